The number of methoxy groups -OCH3 is 1. The molecule has 1 aliphatic rings. The minimum Gasteiger partial charge on any atom is -0.379 e. The number of carbonyl (C=O) groups excluding carboxylic acids is 1. The molecule has 18 heavy (non-hydrogen) atoms. The lowest BCUT2D eigenvalue weighted by atomic mass is 10.2. The van der Waals surface area contributed by atoms with Crippen molar-refractivity contribution in [1.29, 1.82) is 0 Å². The number of nitrogens with one attached hydrogen (secondary N) is 1. The topological polar surface area (TPSA) is 81.2 Å². The number of H-pyrrole nitrogens is 1. The molecule has 1 fully saturated rings. The zero-order chi connectivity index (χ0) is 13.3. The Hall–Kier alpha value is -1.69. The van der Waals surface area contributed by atoms with Crippen LogP contribution in [0.3, 0.4) is 0 Å². The highest BCUT2D eigenvalue weighted by molar-refractivity contribution is 5.93. The standard InChI is InChI=1S/C12H16N2O4/c1-7(15)8-6-13-12(17)14(11(8)16)9-4-3-5-10(9)18-2/h6,9-10H,3-5H2,1-2H3,(H,13,17). The summed E-state index contributed by atoms with van der Waals surface area (Å²) in [6.07, 6.45) is 3.46. The minimum atomic E-state index is -0.528. The van der Waals surface area contributed by atoms with E-state index >= 15 is 0 Å². The number of hydrogen-bond acceptors (Lipinski definition) is 4. The van der Waals surface area contributed by atoms with E-state index in [1.807, 2.05) is 0 Å². The number of hydrogen-bond donors (Lipinski definition) is 1. The summed E-state index contributed by atoms with van der Waals surface area (Å²) < 4.78 is 6.41. The molecule has 0 aliphatic heterocycles. The lowest BCUT2D eigenvalue weighted by Gasteiger charge is -2.19. The number of nitrogens with zero attached hydrogens (tertiary/aromatic N) is 1. The van der Waals surface area contributed by atoms with Crippen molar-refractivity contribution in [3.05, 3.63) is 32.6 Å². The van der Waals surface area contributed by atoms with Crippen molar-refractivity contribution in [2.24, 2.45) is 0 Å². The maximum Gasteiger partial charge on any atom is 0.328 e. The van der Waals surface area contributed by atoms with Crippen LogP contribution in [0.25, 0.3) is 0 Å². The van der Waals surface area contributed by atoms with Gasteiger partial charge in [0.2, 0.25) is 0 Å². The Morgan fingerprint density at radius 3 is 2.78 bits per heavy atom. The number of aromatic amines is 1. The highest BCUT2D eigenvalue weighted by Crippen LogP contribution is 2.30. The Kier molecular flexibility index (Phi) is 3.47. The van der Waals surface area contributed by atoms with Gasteiger partial charge in [-0.3, -0.25) is 14.2 Å². The third kappa shape index (κ3) is 2.03. The van der Waals surface area contributed by atoms with Gasteiger partial charge in [-0.2, -0.15) is 0 Å². The predicted molar refractivity (Wildman–Crippen MR) is 65.0 cm³/mol. The van der Waals surface area contributed by atoms with E-state index in [1.165, 1.54) is 13.1 Å². The Morgan fingerprint density at radius 1 is 1.44 bits per heavy atom. The molecule has 1 saturated carbocycles. The third-order valence-electron chi connectivity index (χ3n) is 3.44. The van der Waals surface area contributed by atoms with Crippen molar-refractivity contribution in [3.8, 4) is 0 Å². The van der Waals surface area contributed by atoms with E-state index < -0.39 is 11.2 Å². The summed E-state index contributed by atoms with van der Waals surface area (Å²) in [6, 6.07) is -0.287. The molecule has 0 saturated heterocycles. The Labute approximate surface area is 104 Å². The molecule has 1 aromatic rings. The molecule has 1 aliphatic carbocycles. The van der Waals surface area contributed by atoms with Crippen LogP contribution in [0.1, 0.15) is 42.6 Å². The van der Waals surface area contributed by atoms with Gasteiger partial charge in [-0.15, -0.1) is 0 Å². The van der Waals surface area contributed by atoms with Crippen molar-refractivity contribution < 1.29 is 9.53 Å². The number of aromatic nitrogens is 2. The third-order valence-corrected chi connectivity index (χ3v) is 3.44. The molecule has 6 nitrogen and oxygen atoms in total. The number of carbonyl (C=O) groups is 1. The van der Waals surface area contributed by atoms with Crippen LogP contribution >= 0.6 is 0 Å². The Morgan fingerprint density at radius 2 is 2.17 bits per heavy atom. The SMILES string of the molecule is COC1CCCC1n1c(=O)[nH]cc(C(C)=O)c1=O. The van der Waals surface area contributed by atoms with Crippen molar-refractivity contribution in [3.63, 3.8) is 0 Å². The Bertz CT molecular complexity index is 572. The van der Waals surface area contributed by atoms with E-state index in [2.05, 4.69) is 4.98 Å². The molecule has 1 aromatic heterocycles. The van der Waals surface area contributed by atoms with Gasteiger partial charge in [-0.25, -0.2) is 4.79 Å². The van der Waals surface area contributed by atoms with Crippen molar-refractivity contribution >= 4 is 5.78 Å². The fourth-order valence-electron chi connectivity index (χ4n) is 2.52. The predicted octanol–water partition coefficient (Wildman–Crippen LogP) is 0.479. The molecule has 2 rings (SSSR count). The first-order chi connectivity index (χ1) is 8.56. The van der Waals surface area contributed by atoms with Gasteiger partial charge in [0, 0.05) is 13.3 Å². The average Bonchev–Trinajstić information content (AvgIpc) is 2.76. The molecular formula is C12H16N2O4. The van der Waals surface area contributed by atoms with Crippen molar-refractivity contribution in [1.82, 2.24) is 9.55 Å². The molecule has 2 atom stereocenters. The van der Waals surface area contributed by atoms with Crippen LogP contribution in [0, 0.1) is 0 Å². The zero-order valence-corrected chi connectivity index (χ0v) is 10.4. The minimum absolute atomic E-state index is 0.0105. The first kappa shape index (κ1) is 12.8. The molecule has 0 radical (unpaired) electrons. The van der Waals surface area contributed by atoms with Crippen LogP contribution in [0.2, 0.25) is 0 Å². The van der Waals surface area contributed by atoms with E-state index in [0.29, 0.717) is 6.42 Å². The van der Waals surface area contributed by atoms with Gasteiger partial charge in [0.1, 0.15) is 0 Å². The van der Waals surface area contributed by atoms with Gasteiger partial charge in [0.15, 0.2) is 5.78 Å². The van der Waals surface area contributed by atoms with Gasteiger partial charge in [0.05, 0.1) is 17.7 Å². The lowest BCUT2D eigenvalue weighted by Crippen LogP contribution is -2.42. The van der Waals surface area contributed by atoms with Crippen LogP contribution in [-0.4, -0.2) is 28.5 Å². The first-order valence-electron chi connectivity index (χ1n) is 5.94. The molecule has 1 heterocycles. The molecule has 1 N–H and O–H groups in total. The lowest BCUT2D eigenvalue weighted by molar-refractivity contribution is 0.0720. The summed E-state index contributed by atoms with van der Waals surface area (Å²) in [5, 5.41) is 0. The van der Waals surface area contributed by atoms with Crippen molar-refractivity contribution in [2.75, 3.05) is 7.11 Å². The van der Waals surface area contributed by atoms with E-state index in [9.17, 15) is 14.4 Å². The van der Waals surface area contributed by atoms with Crippen LogP contribution in [0.4, 0.5) is 0 Å². The van der Waals surface area contributed by atoms with Gasteiger partial charge in [-0.05, 0) is 26.2 Å². The quantitative estimate of drug-likeness (QED) is 0.793. The fourth-order valence-corrected chi connectivity index (χ4v) is 2.52. The van der Waals surface area contributed by atoms with Crippen LogP contribution in [0.15, 0.2) is 15.8 Å². The van der Waals surface area contributed by atoms with Crippen LogP contribution in [-0.2, 0) is 4.74 Å². The molecule has 2 unspecified atom stereocenters. The first-order valence-corrected chi connectivity index (χ1v) is 5.94. The summed E-state index contributed by atoms with van der Waals surface area (Å²) in [7, 11) is 1.57. The molecule has 0 amide bonds. The maximum absolute atomic E-state index is 12.1. The number of ether oxygens (including phenoxy) is 1. The molecule has 0 spiro atoms. The average molecular weight is 252 g/mol. The second kappa shape index (κ2) is 4.89. The molecule has 0 bridgehead atoms. The second-order valence-electron chi connectivity index (χ2n) is 4.51. The summed E-state index contributed by atoms with van der Waals surface area (Å²) >= 11 is 0. The molecule has 6 heteroatoms. The van der Waals surface area contributed by atoms with E-state index in [-0.39, 0.29) is 23.5 Å². The highest BCUT2D eigenvalue weighted by atomic mass is 16.5. The van der Waals surface area contributed by atoms with Gasteiger partial charge in [-0.1, -0.05) is 0 Å². The van der Waals surface area contributed by atoms with Crippen molar-refractivity contribution in [2.45, 2.75) is 38.3 Å². The number of ketones is 1. The van der Waals surface area contributed by atoms with E-state index in [1.54, 1.807) is 7.11 Å². The summed E-state index contributed by atoms with van der Waals surface area (Å²) in [5.74, 6) is -0.350. The highest BCUT2D eigenvalue weighted by Gasteiger charge is 2.31. The normalized spacial score (nSPS) is 23.2. The van der Waals surface area contributed by atoms with Gasteiger partial charge < -0.3 is 9.72 Å². The monoisotopic (exact) mass is 252 g/mol. The second-order valence-corrected chi connectivity index (χ2v) is 4.51. The molecule has 0 aromatic carbocycles. The number of rotatable bonds is 3. The summed E-state index contributed by atoms with van der Waals surface area (Å²) in [6.45, 7) is 1.31. The molecular weight excluding hydrogens is 236 g/mol. The Balaban J connectivity index is 2.57. The number of Topliss-reactive ketones (excluding diaryl/α,β-unsaturated/α-hetero) is 1. The fraction of sp³-hybridized carbons (Fsp3) is 0.583. The summed E-state index contributed by atoms with van der Waals surface area (Å²) in [4.78, 5) is 37.7. The summed E-state index contributed by atoms with van der Waals surface area (Å²) in [5.41, 5.74) is -1.00. The zero-order valence-electron chi connectivity index (χ0n) is 10.4. The maximum atomic E-state index is 12.1. The molecule has 98 valence electrons. The van der Waals surface area contributed by atoms with Gasteiger partial charge in [0.25, 0.3) is 5.56 Å². The van der Waals surface area contributed by atoms with Crippen LogP contribution in [0.5, 0.6) is 0 Å². The largest absolute Gasteiger partial charge is 0.379 e. The smallest absolute Gasteiger partial charge is 0.328 e. The van der Waals surface area contributed by atoms with E-state index in [0.717, 1.165) is 17.4 Å². The van der Waals surface area contributed by atoms with E-state index in [4.69, 9.17) is 4.74 Å². The van der Waals surface area contributed by atoms with Gasteiger partial charge >= 0.3 is 5.69 Å². The van der Waals surface area contributed by atoms with Crippen LogP contribution < -0.4 is 11.2 Å².